The molecule has 0 aromatic rings. The van der Waals surface area contributed by atoms with Crippen molar-refractivity contribution in [3.05, 3.63) is 50.6 Å². The van der Waals surface area contributed by atoms with Gasteiger partial charge in [-0.15, -0.1) is 0 Å². The molecular formula is C82H141N25O25. The van der Waals surface area contributed by atoms with Crippen LogP contribution >= 0.6 is 0 Å². The number of hydrogen-bond donors (Lipinski definition) is 21. The minimum Gasteiger partial charge on any atom is -0.445 e. The molecule has 22 N–H and O–H groups in total. The molecule has 21 amide bonds. The number of nitrogens with one attached hydrogen (secondary N) is 20. The molecule has 132 heavy (non-hydrogen) atoms. The van der Waals surface area contributed by atoms with Crippen molar-refractivity contribution in [2.45, 2.75) is 110 Å². The lowest BCUT2D eigenvalue weighted by Gasteiger charge is -2.22. The molecule has 50 heteroatoms. The van der Waals surface area contributed by atoms with Crippen LogP contribution in [0.4, 0.5) is 19.2 Å². The molecule has 0 aliphatic carbocycles. The smallest absolute Gasteiger partial charge is 0.410 e. The minimum atomic E-state index is -0.740. The van der Waals surface area contributed by atoms with E-state index in [0.29, 0.717) is 58.9 Å². The standard InChI is InChI=1S/C82H141N25O25/c1-6-58-129-79(125)104(50-42-88-62(5)108)51-43-97-72(118)19-12-65(111)91-36-28-85-29-37-92-67(113)14-21-74(120)100-46-54-106(81(127)131-60-8-3)55-47-101-76(122)23-16-69(115)95-40-32-87-33-41-96-71(117)18-25-78(124)103-49-57-107(82(128)132-61-9-4)56-48-102-77(123)24-17-70(116)94-39-31-86-30-38-93-68(114)15-22-75(121)99-45-53-105(80(126)130-59-7-2)52-44-98-73(119)20-13-66(112)90-35-27-84-26-34-89-64(110)11-10-63(83)109/h6-9,84-87H,1-4,10-61H2,5H3,(H2,83,109)(H,88,108)(H,89,110)(H,90,112)(H,91,111)(H,92,113)(H,93,114)(H,94,116)(H,95,115)(H,96,117)(H,97,118)(H,98,119)(H,99,121)(H,100,120)(H,101,122)(H,102,123)(H,103,124). The molecule has 0 aromatic heterocycles. The summed E-state index contributed by atoms with van der Waals surface area (Å²) in [6.45, 7) is 20.5. The number of nitrogens with zero attached hydrogens (tertiary/aromatic N) is 4. The Kier molecular flexibility index (Phi) is 72.0. The van der Waals surface area contributed by atoms with Gasteiger partial charge in [-0.05, 0) is 0 Å². The Balaban J connectivity index is 4.37. The van der Waals surface area contributed by atoms with Gasteiger partial charge < -0.3 is 151 Å². The molecule has 0 bridgehead atoms. The van der Waals surface area contributed by atoms with Crippen LogP contribution in [0, 0.1) is 0 Å². The molecule has 0 heterocycles. The number of ether oxygens (including phenoxy) is 4. The van der Waals surface area contributed by atoms with Gasteiger partial charge in [-0.1, -0.05) is 50.6 Å². The average molecular weight is 1880 g/mol. The summed E-state index contributed by atoms with van der Waals surface area (Å²) in [4.78, 5) is 263. The molecular weight excluding hydrogens is 1740 g/mol. The van der Waals surface area contributed by atoms with E-state index in [-0.39, 0.29) is 309 Å². The van der Waals surface area contributed by atoms with Gasteiger partial charge >= 0.3 is 24.4 Å². The van der Waals surface area contributed by atoms with E-state index in [0.717, 1.165) is 0 Å². The van der Waals surface area contributed by atoms with Crippen LogP contribution in [0.3, 0.4) is 0 Å². The average Bonchev–Trinajstić information content (AvgIpc) is 0.946. The Bertz CT molecular complexity index is 3580. The maximum atomic E-state index is 12.8. The molecule has 0 spiro atoms. The quantitative estimate of drug-likeness (QED) is 0.0153. The van der Waals surface area contributed by atoms with Crippen LogP contribution in [0.1, 0.15) is 110 Å². The van der Waals surface area contributed by atoms with Crippen LogP contribution in [0.15, 0.2) is 50.6 Å². The highest BCUT2D eigenvalue weighted by atomic mass is 16.6. The van der Waals surface area contributed by atoms with Gasteiger partial charge in [0.15, 0.2) is 0 Å². The van der Waals surface area contributed by atoms with Crippen LogP contribution in [-0.2, 0) is 100 Å². The van der Waals surface area contributed by atoms with Crippen LogP contribution in [0.5, 0.6) is 0 Å². The number of amides is 21. The summed E-state index contributed by atoms with van der Waals surface area (Å²) < 4.78 is 20.5. The van der Waals surface area contributed by atoms with E-state index < -0.39 is 95.3 Å². The number of hydrogen-bond acceptors (Lipinski definition) is 29. The number of rotatable bonds is 80. The van der Waals surface area contributed by atoms with Gasteiger partial charge in [0.25, 0.3) is 0 Å². The number of nitrogens with two attached hydrogens (primary N) is 1. The summed E-state index contributed by atoms with van der Waals surface area (Å²) in [5, 5.41) is 54.7. The van der Waals surface area contributed by atoms with E-state index in [2.05, 4.69) is 133 Å². The number of primary amides is 1. The third kappa shape index (κ3) is 72.7. The Morgan fingerprint density at radius 3 is 0.462 bits per heavy atom. The van der Waals surface area contributed by atoms with Crippen molar-refractivity contribution in [1.82, 2.24) is 126 Å². The Labute approximate surface area is 769 Å². The van der Waals surface area contributed by atoms with Crippen LogP contribution in [-0.4, -0.2) is 380 Å². The predicted molar refractivity (Wildman–Crippen MR) is 481 cm³/mol. The zero-order valence-corrected chi connectivity index (χ0v) is 76.0. The zero-order chi connectivity index (χ0) is 98.0. The second kappa shape index (κ2) is 80.0. The number of carbonyl (C=O) groups excluding carboxylic acids is 21. The van der Waals surface area contributed by atoms with Gasteiger partial charge in [0.2, 0.25) is 100 Å². The molecule has 0 fully saturated rings. The largest absolute Gasteiger partial charge is 0.445 e. The van der Waals surface area contributed by atoms with Gasteiger partial charge in [0.05, 0.1) is 0 Å². The van der Waals surface area contributed by atoms with Crippen molar-refractivity contribution in [1.29, 1.82) is 0 Å². The second-order valence-corrected chi connectivity index (χ2v) is 28.6. The first-order valence-electron chi connectivity index (χ1n) is 43.9. The monoisotopic (exact) mass is 1880 g/mol. The summed E-state index contributed by atoms with van der Waals surface area (Å²) >= 11 is 0. The van der Waals surface area contributed by atoms with E-state index in [9.17, 15) is 101 Å². The molecule has 0 saturated carbocycles. The maximum absolute atomic E-state index is 12.8. The summed E-state index contributed by atoms with van der Waals surface area (Å²) in [6, 6.07) is 0. The first-order chi connectivity index (χ1) is 63.4. The van der Waals surface area contributed by atoms with Gasteiger partial charge in [-0.25, -0.2) is 19.2 Å². The lowest BCUT2D eigenvalue weighted by molar-refractivity contribution is -0.126. The molecule has 744 valence electrons. The van der Waals surface area contributed by atoms with Crippen molar-refractivity contribution in [2.24, 2.45) is 5.73 Å². The van der Waals surface area contributed by atoms with E-state index in [4.69, 9.17) is 24.7 Å². The first kappa shape index (κ1) is 119. The zero-order valence-electron chi connectivity index (χ0n) is 76.0. The van der Waals surface area contributed by atoms with E-state index in [1.165, 1.54) is 50.8 Å². The molecule has 0 unspecified atom stereocenters. The Morgan fingerprint density at radius 1 is 0.205 bits per heavy atom. The highest BCUT2D eigenvalue weighted by molar-refractivity contribution is 5.88. The fourth-order valence-electron chi connectivity index (χ4n) is 10.7. The lowest BCUT2D eigenvalue weighted by atomic mass is 10.2. The van der Waals surface area contributed by atoms with Crippen molar-refractivity contribution in [2.75, 3.05) is 236 Å². The molecule has 0 aromatic carbocycles. The van der Waals surface area contributed by atoms with Crippen molar-refractivity contribution >= 4 is 125 Å². The highest BCUT2D eigenvalue weighted by Crippen LogP contribution is 2.03. The molecule has 0 aliphatic heterocycles. The van der Waals surface area contributed by atoms with Gasteiger partial charge in [-0.2, -0.15) is 0 Å². The molecule has 0 atom stereocenters. The summed E-state index contributed by atoms with van der Waals surface area (Å²) in [6.07, 6.45) is 0.887. The summed E-state index contributed by atoms with van der Waals surface area (Å²) in [7, 11) is 0. The van der Waals surface area contributed by atoms with E-state index in [1.54, 1.807) is 0 Å². The first-order valence-corrected chi connectivity index (χ1v) is 43.9. The normalized spacial score (nSPS) is 10.4. The fourth-order valence-corrected chi connectivity index (χ4v) is 10.7. The molecule has 0 aliphatic rings. The highest BCUT2D eigenvalue weighted by Gasteiger charge is 2.22. The molecule has 0 saturated heterocycles. The summed E-state index contributed by atoms with van der Waals surface area (Å²) in [5.74, 6) is -6.94. The van der Waals surface area contributed by atoms with Crippen molar-refractivity contribution in [3.63, 3.8) is 0 Å². The molecule has 50 nitrogen and oxygen atoms in total. The van der Waals surface area contributed by atoms with Gasteiger partial charge in [0.1, 0.15) is 26.4 Å². The van der Waals surface area contributed by atoms with Crippen LogP contribution < -0.4 is 112 Å². The summed E-state index contributed by atoms with van der Waals surface area (Å²) in [5.41, 5.74) is 5.03. The van der Waals surface area contributed by atoms with E-state index >= 15 is 0 Å². The Morgan fingerprint density at radius 2 is 0.333 bits per heavy atom. The lowest BCUT2D eigenvalue weighted by Crippen LogP contribution is -2.43. The van der Waals surface area contributed by atoms with Gasteiger partial charge in [0, 0.05) is 319 Å². The minimum absolute atomic E-state index is 0.000500. The second-order valence-electron chi connectivity index (χ2n) is 28.6. The predicted octanol–water partition coefficient (Wildman–Crippen LogP) is -7.55. The van der Waals surface area contributed by atoms with Crippen molar-refractivity contribution < 1.29 is 120 Å². The third-order valence-corrected chi connectivity index (χ3v) is 17.7. The fraction of sp³-hybridized carbons (Fsp3) is 0.646. The molecule has 0 rings (SSSR count). The van der Waals surface area contributed by atoms with Gasteiger partial charge in [-0.3, -0.25) is 81.5 Å². The van der Waals surface area contributed by atoms with E-state index in [1.807, 2.05) is 0 Å². The van der Waals surface area contributed by atoms with Crippen LogP contribution in [0.2, 0.25) is 0 Å². The number of carbonyl (C=O) groups is 21. The topological polar surface area (TPSA) is 675 Å². The maximum Gasteiger partial charge on any atom is 0.410 e. The molecule has 0 radical (unpaired) electrons. The third-order valence-electron chi connectivity index (χ3n) is 17.7. The Hall–Kier alpha value is -13.1. The van der Waals surface area contributed by atoms with Crippen molar-refractivity contribution in [3.8, 4) is 0 Å². The van der Waals surface area contributed by atoms with Crippen LogP contribution in [0.25, 0.3) is 0 Å². The SMILES string of the molecule is C=CCOC(=O)N(CCNC(C)=O)CCNC(=O)CCC(=O)NCCNCCNC(=O)CCC(=O)NCCN(CCNC(=O)CCC(=O)NCCNCCNC(=O)CCC(=O)NCCN(CCNC(=O)CCC(=O)NCCNCCNC(=O)CCC(=O)NCCN(CCNC(=O)CCC(=O)NCCNCCNC(=O)CCC(N)=O)C(=O)OCC=C)C(=O)OCC=C)C(=O)OCC=C.